The molecular formula is C20H30F3N3O. The van der Waals surface area contributed by atoms with Crippen LogP contribution in [0.15, 0.2) is 29.3 Å². The summed E-state index contributed by atoms with van der Waals surface area (Å²) in [6, 6.07) is 5.59. The second kappa shape index (κ2) is 9.97. The quantitative estimate of drug-likeness (QED) is 0.566. The Labute approximate surface area is 159 Å². The summed E-state index contributed by atoms with van der Waals surface area (Å²) in [4.78, 5) is 6.93. The zero-order valence-corrected chi connectivity index (χ0v) is 16.4. The molecule has 1 N–H and O–H groups in total. The summed E-state index contributed by atoms with van der Waals surface area (Å²) in [6.07, 6.45) is -2.52. The maximum Gasteiger partial charge on any atom is 0.416 e. The third-order valence-electron chi connectivity index (χ3n) is 4.93. The van der Waals surface area contributed by atoms with Gasteiger partial charge in [0.2, 0.25) is 0 Å². The summed E-state index contributed by atoms with van der Waals surface area (Å²) in [7, 11) is 1.72. The van der Waals surface area contributed by atoms with Crippen LogP contribution in [0.25, 0.3) is 0 Å². The van der Waals surface area contributed by atoms with Crippen LogP contribution >= 0.6 is 0 Å². The van der Waals surface area contributed by atoms with Gasteiger partial charge in [-0.15, -0.1) is 0 Å². The van der Waals surface area contributed by atoms with Crippen LogP contribution in [-0.2, 0) is 10.9 Å². The molecule has 1 aliphatic rings. The minimum atomic E-state index is -4.30. The van der Waals surface area contributed by atoms with Gasteiger partial charge in [-0.1, -0.05) is 25.1 Å². The first kappa shape index (κ1) is 21.5. The molecule has 7 heteroatoms. The number of ether oxygens (including phenoxy) is 1. The molecule has 1 aromatic carbocycles. The van der Waals surface area contributed by atoms with Crippen molar-refractivity contribution in [1.82, 2.24) is 10.2 Å². The Bertz CT molecular complexity index is 619. The largest absolute Gasteiger partial charge is 0.416 e. The monoisotopic (exact) mass is 385 g/mol. The molecular weight excluding hydrogens is 355 g/mol. The number of benzene rings is 1. The molecule has 0 aliphatic carbocycles. The number of guanidine groups is 1. The third kappa shape index (κ3) is 6.41. The summed E-state index contributed by atoms with van der Waals surface area (Å²) < 4.78 is 43.9. The number of rotatable bonds is 7. The van der Waals surface area contributed by atoms with Crippen molar-refractivity contribution in [3.63, 3.8) is 0 Å². The van der Waals surface area contributed by atoms with Gasteiger partial charge in [0.25, 0.3) is 0 Å². The number of nitrogens with one attached hydrogen (secondary N) is 1. The topological polar surface area (TPSA) is 36.9 Å². The molecule has 4 nitrogen and oxygen atoms in total. The van der Waals surface area contributed by atoms with Crippen molar-refractivity contribution in [2.45, 2.75) is 38.8 Å². The van der Waals surface area contributed by atoms with E-state index in [2.05, 4.69) is 10.2 Å². The lowest BCUT2D eigenvalue weighted by molar-refractivity contribution is -0.137. The lowest BCUT2D eigenvalue weighted by Crippen LogP contribution is -2.40. The van der Waals surface area contributed by atoms with Crippen LogP contribution in [0.1, 0.15) is 43.7 Å². The normalized spacial score (nSPS) is 19.4. The highest BCUT2D eigenvalue weighted by molar-refractivity contribution is 5.80. The Morgan fingerprint density at radius 2 is 2.19 bits per heavy atom. The Balaban J connectivity index is 1.95. The molecule has 0 aromatic heterocycles. The first-order valence-corrected chi connectivity index (χ1v) is 9.54. The van der Waals surface area contributed by atoms with Crippen LogP contribution in [0, 0.1) is 5.92 Å². The lowest BCUT2D eigenvalue weighted by atomic mass is 9.96. The molecule has 0 spiro atoms. The Kier molecular flexibility index (Phi) is 7.95. The molecule has 1 aliphatic heterocycles. The Hall–Kier alpha value is -1.76. The van der Waals surface area contributed by atoms with Gasteiger partial charge in [0, 0.05) is 39.2 Å². The fourth-order valence-electron chi connectivity index (χ4n) is 3.37. The number of halogens is 3. The second-order valence-corrected chi connectivity index (χ2v) is 7.10. The highest BCUT2D eigenvalue weighted by atomic mass is 19.4. The number of aliphatic imine (C=N–C) groups is 1. The van der Waals surface area contributed by atoms with E-state index in [1.165, 1.54) is 12.1 Å². The first-order valence-electron chi connectivity index (χ1n) is 9.54. The van der Waals surface area contributed by atoms with E-state index in [1.54, 1.807) is 13.2 Å². The van der Waals surface area contributed by atoms with Crippen LogP contribution in [0.2, 0.25) is 0 Å². The Morgan fingerprint density at radius 1 is 1.41 bits per heavy atom. The van der Waals surface area contributed by atoms with E-state index in [4.69, 9.17) is 9.73 Å². The predicted octanol–water partition coefficient (Wildman–Crippen LogP) is 4.13. The number of nitrogens with zero attached hydrogens (tertiary/aromatic N) is 2. The molecule has 2 atom stereocenters. The van der Waals surface area contributed by atoms with Crippen LogP contribution in [-0.4, -0.2) is 50.8 Å². The van der Waals surface area contributed by atoms with Crippen molar-refractivity contribution < 1.29 is 17.9 Å². The fourth-order valence-corrected chi connectivity index (χ4v) is 3.37. The zero-order chi connectivity index (χ0) is 19.9. The van der Waals surface area contributed by atoms with Gasteiger partial charge in [-0.05, 0) is 37.3 Å². The van der Waals surface area contributed by atoms with Crippen molar-refractivity contribution in [3.8, 4) is 0 Å². The predicted molar refractivity (Wildman–Crippen MR) is 102 cm³/mol. The van der Waals surface area contributed by atoms with Gasteiger partial charge in [0.1, 0.15) is 0 Å². The van der Waals surface area contributed by atoms with Gasteiger partial charge >= 0.3 is 6.18 Å². The maximum atomic E-state index is 12.9. The van der Waals surface area contributed by atoms with E-state index in [-0.39, 0.29) is 5.92 Å². The van der Waals surface area contributed by atoms with Gasteiger partial charge in [-0.3, -0.25) is 4.99 Å². The van der Waals surface area contributed by atoms with Gasteiger partial charge < -0.3 is 15.0 Å². The third-order valence-corrected chi connectivity index (χ3v) is 4.93. The smallest absolute Gasteiger partial charge is 0.384 e. The molecule has 0 amide bonds. The minimum Gasteiger partial charge on any atom is -0.384 e. The van der Waals surface area contributed by atoms with Crippen LogP contribution < -0.4 is 5.32 Å². The van der Waals surface area contributed by atoms with E-state index in [0.29, 0.717) is 24.4 Å². The molecule has 0 saturated carbocycles. The van der Waals surface area contributed by atoms with Gasteiger partial charge in [-0.2, -0.15) is 13.2 Å². The minimum absolute atomic E-state index is 0.0127. The molecule has 2 rings (SSSR count). The standard InChI is InChI=1S/C20H30F3N3O/c1-4-24-19(26-11-9-16(13-26)14-27-3)25-10-8-15(2)17-6-5-7-18(12-17)20(21,22)23/h5-7,12,15-16H,4,8-11,13-14H2,1-3H3,(H,24,25). The van der Waals surface area contributed by atoms with E-state index in [9.17, 15) is 13.2 Å². The summed E-state index contributed by atoms with van der Waals surface area (Å²) in [5, 5.41) is 3.32. The van der Waals surface area contributed by atoms with Crippen molar-refractivity contribution in [1.29, 1.82) is 0 Å². The number of hydrogen-bond acceptors (Lipinski definition) is 2. The van der Waals surface area contributed by atoms with Crippen LogP contribution in [0.4, 0.5) is 13.2 Å². The summed E-state index contributed by atoms with van der Waals surface area (Å²) in [5.41, 5.74) is 0.108. The molecule has 1 saturated heterocycles. The average molecular weight is 385 g/mol. The fraction of sp³-hybridized carbons (Fsp3) is 0.650. The van der Waals surface area contributed by atoms with Crippen molar-refractivity contribution in [2.24, 2.45) is 10.9 Å². The van der Waals surface area contributed by atoms with Gasteiger partial charge in [0.05, 0.1) is 12.2 Å². The molecule has 1 fully saturated rings. The van der Waals surface area contributed by atoms with E-state index in [1.807, 2.05) is 13.8 Å². The molecule has 1 heterocycles. The molecule has 152 valence electrons. The number of likely N-dealkylation sites (tertiary alicyclic amines) is 1. The summed E-state index contributed by atoms with van der Waals surface area (Å²) >= 11 is 0. The van der Waals surface area contributed by atoms with Crippen molar-refractivity contribution >= 4 is 5.96 Å². The van der Waals surface area contributed by atoms with E-state index in [0.717, 1.165) is 44.7 Å². The Morgan fingerprint density at radius 3 is 2.85 bits per heavy atom. The molecule has 0 radical (unpaired) electrons. The average Bonchev–Trinajstić information content (AvgIpc) is 3.09. The first-order chi connectivity index (χ1) is 12.8. The summed E-state index contributed by atoms with van der Waals surface area (Å²) in [6.45, 7) is 7.96. The van der Waals surface area contributed by atoms with Crippen LogP contribution in [0.3, 0.4) is 0 Å². The second-order valence-electron chi connectivity index (χ2n) is 7.10. The lowest BCUT2D eigenvalue weighted by Gasteiger charge is -2.22. The highest BCUT2D eigenvalue weighted by Crippen LogP contribution is 2.31. The van der Waals surface area contributed by atoms with Gasteiger partial charge in [0.15, 0.2) is 5.96 Å². The number of hydrogen-bond donors (Lipinski definition) is 1. The number of methoxy groups -OCH3 is 1. The molecule has 0 bridgehead atoms. The van der Waals surface area contributed by atoms with Gasteiger partial charge in [-0.25, -0.2) is 0 Å². The van der Waals surface area contributed by atoms with Crippen molar-refractivity contribution in [3.05, 3.63) is 35.4 Å². The molecule has 2 unspecified atom stereocenters. The molecule has 27 heavy (non-hydrogen) atoms. The van der Waals surface area contributed by atoms with Crippen LogP contribution in [0.5, 0.6) is 0 Å². The SMILES string of the molecule is CCNC(=NCCC(C)c1cccc(C(F)(F)F)c1)N1CCC(COC)C1. The zero-order valence-electron chi connectivity index (χ0n) is 16.4. The molecule has 1 aromatic rings. The maximum absolute atomic E-state index is 12.9. The van der Waals surface area contributed by atoms with Crippen molar-refractivity contribution in [2.75, 3.05) is 39.9 Å². The van der Waals surface area contributed by atoms with E-state index >= 15 is 0 Å². The summed E-state index contributed by atoms with van der Waals surface area (Å²) in [5.74, 6) is 1.41. The number of alkyl halides is 3. The highest BCUT2D eigenvalue weighted by Gasteiger charge is 2.30. The van der Waals surface area contributed by atoms with E-state index < -0.39 is 11.7 Å².